The molecule has 1 fully saturated rings. The van der Waals surface area contributed by atoms with Gasteiger partial charge >= 0.3 is 0 Å². The van der Waals surface area contributed by atoms with Gasteiger partial charge in [0.25, 0.3) is 0 Å². The molecule has 1 aromatic rings. The van der Waals surface area contributed by atoms with E-state index in [1.165, 1.54) is 29.5 Å². The number of benzene rings is 1. The average molecular weight is 339 g/mol. The number of hydrogen-bond acceptors (Lipinski definition) is 4. The SMILES string of the molecule is COC1=CC=C2[C@@H](NCC3CC3)Cc3ccc(OC)c4c3[C@]2(C)[C@@H]1O4. The second-order valence-electron chi connectivity index (χ2n) is 7.83. The molecule has 1 heterocycles. The second-order valence-corrected chi connectivity index (χ2v) is 7.83. The van der Waals surface area contributed by atoms with Gasteiger partial charge in [-0.1, -0.05) is 12.1 Å². The minimum atomic E-state index is -0.196. The minimum Gasteiger partial charge on any atom is -0.497 e. The summed E-state index contributed by atoms with van der Waals surface area (Å²) in [6, 6.07) is 4.61. The summed E-state index contributed by atoms with van der Waals surface area (Å²) in [4.78, 5) is 0. The Labute approximate surface area is 148 Å². The minimum absolute atomic E-state index is 0.118. The molecule has 3 aliphatic carbocycles. The summed E-state index contributed by atoms with van der Waals surface area (Å²) < 4.78 is 17.7. The molecule has 1 aromatic carbocycles. The molecule has 1 aliphatic heterocycles. The van der Waals surface area contributed by atoms with Crippen LogP contribution in [0.25, 0.3) is 0 Å². The summed E-state index contributed by atoms with van der Waals surface area (Å²) in [6.07, 6.45) is 7.96. The molecule has 0 unspecified atom stereocenters. The number of rotatable bonds is 5. The van der Waals surface area contributed by atoms with E-state index in [1.54, 1.807) is 14.2 Å². The molecule has 0 bridgehead atoms. The maximum atomic E-state index is 6.43. The van der Waals surface area contributed by atoms with Crippen molar-refractivity contribution in [3.63, 3.8) is 0 Å². The van der Waals surface area contributed by atoms with Crippen LogP contribution in [0.3, 0.4) is 0 Å². The molecule has 4 nitrogen and oxygen atoms in total. The normalized spacial score (nSPS) is 31.6. The highest BCUT2D eigenvalue weighted by Crippen LogP contribution is 2.58. The number of methoxy groups -OCH3 is 2. The number of allylic oxidation sites excluding steroid dienone is 2. The van der Waals surface area contributed by atoms with Crippen molar-refractivity contribution in [1.29, 1.82) is 0 Å². The molecule has 4 aliphatic rings. The predicted molar refractivity (Wildman–Crippen MR) is 96.2 cm³/mol. The van der Waals surface area contributed by atoms with E-state index in [-0.39, 0.29) is 11.5 Å². The fourth-order valence-corrected chi connectivity index (χ4v) is 4.86. The van der Waals surface area contributed by atoms with Crippen molar-refractivity contribution in [3.8, 4) is 11.5 Å². The van der Waals surface area contributed by atoms with Gasteiger partial charge in [0.1, 0.15) is 5.76 Å². The first kappa shape index (κ1) is 15.3. The third-order valence-electron chi connectivity index (χ3n) is 6.38. The highest BCUT2D eigenvalue weighted by atomic mass is 16.6. The van der Waals surface area contributed by atoms with E-state index in [1.807, 2.05) is 6.07 Å². The maximum absolute atomic E-state index is 6.43. The number of ether oxygens (including phenoxy) is 3. The first-order chi connectivity index (χ1) is 12.2. The van der Waals surface area contributed by atoms with Crippen LogP contribution < -0.4 is 14.8 Å². The van der Waals surface area contributed by atoms with E-state index in [2.05, 4.69) is 30.5 Å². The largest absolute Gasteiger partial charge is 0.497 e. The third kappa shape index (κ3) is 2.03. The van der Waals surface area contributed by atoms with Crippen molar-refractivity contribution in [2.75, 3.05) is 20.8 Å². The van der Waals surface area contributed by atoms with Crippen molar-refractivity contribution in [1.82, 2.24) is 5.32 Å². The fourth-order valence-electron chi connectivity index (χ4n) is 4.86. The monoisotopic (exact) mass is 339 g/mol. The summed E-state index contributed by atoms with van der Waals surface area (Å²) in [7, 11) is 3.43. The van der Waals surface area contributed by atoms with Gasteiger partial charge in [-0.05, 0) is 61.9 Å². The van der Waals surface area contributed by atoms with Gasteiger partial charge in [-0.3, -0.25) is 0 Å². The van der Waals surface area contributed by atoms with E-state index >= 15 is 0 Å². The van der Waals surface area contributed by atoms with Gasteiger partial charge in [0.05, 0.1) is 19.6 Å². The first-order valence-electron chi connectivity index (χ1n) is 9.23. The lowest BCUT2D eigenvalue weighted by atomic mass is 9.62. The van der Waals surface area contributed by atoms with Gasteiger partial charge in [0.2, 0.25) is 0 Å². The zero-order valence-corrected chi connectivity index (χ0v) is 15.1. The van der Waals surface area contributed by atoms with Gasteiger partial charge in [0, 0.05) is 11.6 Å². The molecule has 0 spiro atoms. The summed E-state index contributed by atoms with van der Waals surface area (Å²) in [5.74, 6) is 3.46. The molecular formula is C21H25NO3. The van der Waals surface area contributed by atoms with Crippen LogP contribution >= 0.6 is 0 Å². The Morgan fingerprint density at radius 3 is 2.76 bits per heavy atom. The number of hydrogen-bond donors (Lipinski definition) is 1. The maximum Gasteiger partial charge on any atom is 0.169 e. The zero-order chi connectivity index (χ0) is 17.2. The van der Waals surface area contributed by atoms with E-state index in [9.17, 15) is 0 Å². The topological polar surface area (TPSA) is 39.7 Å². The molecule has 0 aromatic heterocycles. The molecule has 3 atom stereocenters. The summed E-state index contributed by atoms with van der Waals surface area (Å²) in [6.45, 7) is 3.41. The summed E-state index contributed by atoms with van der Waals surface area (Å²) >= 11 is 0. The van der Waals surface area contributed by atoms with Crippen LogP contribution in [0.2, 0.25) is 0 Å². The summed E-state index contributed by atoms with van der Waals surface area (Å²) in [5.41, 5.74) is 3.87. The molecule has 4 heteroatoms. The van der Waals surface area contributed by atoms with E-state index < -0.39 is 0 Å². The van der Waals surface area contributed by atoms with Crippen LogP contribution in [-0.2, 0) is 16.6 Å². The predicted octanol–water partition coefficient (Wildman–Crippen LogP) is 3.11. The van der Waals surface area contributed by atoms with Crippen molar-refractivity contribution >= 4 is 0 Å². The van der Waals surface area contributed by atoms with Gasteiger partial charge < -0.3 is 19.5 Å². The van der Waals surface area contributed by atoms with Gasteiger partial charge in [0.15, 0.2) is 17.6 Å². The Balaban J connectivity index is 1.65. The quantitative estimate of drug-likeness (QED) is 0.895. The molecule has 5 rings (SSSR count). The van der Waals surface area contributed by atoms with Crippen molar-refractivity contribution < 1.29 is 14.2 Å². The van der Waals surface area contributed by atoms with Crippen LogP contribution in [0.15, 0.2) is 35.6 Å². The van der Waals surface area contributed by atoms with Gasteiger partial charge in [-0.15, -0.1) is 0 Å². The van der Waals surface area contributed by atoms with E-state index in [4.69, 9.17) is 14.2 Å². The first-order valence-corrected chi connectivity index (χ1v) is 9.23. The molecular weight excluding hydrogens is 314 g/mol. The van der Waals surface area contributed by atoms with Crippen LogP contribution in [0.4, 0.5) is 0 Å². The third-order valence-corrected chi connectivity index (χ3v) is 6.38. The van der Waals surface area contributed by atoms with E-state index in [0.29, 0.717) is 6.04 Å². The molecule has 1 N–H and O–H groups in total. The van der Waals surface area contributed by atoms with Crippen LogP contribution in [0.1, 0.15) is 30.9 Å². The van der Waals surface area contributed by atoms with Crippen molar-refractivity contribution in [2.45, 2.75) is 43.7 Å². The van der Waals surface area contributed by atoms with Gasteiger partial charge in [-0.2, -0.15) is 0 Å². The molecule has 132 valence electrons. The van der Waals surface area contributed by atoms with Gasteiger partial charge in [-0.25, -0.2) is 0 Å². The van der Waals surface area contributed by atoms with Crippen LogP contribution in [-0.4, -0.2) is 32.9 Å². The van der Waals surface area contributed by atoms with Crippen LogP contribution in [0.5, 0.6) is 11.5 Å². The molecule has 1 saturated carbocycles. The highest BCUT2D eigenvalue weighted by Gasteiger charge is 2.57. The Morgan fingerprint density at radius 2 is 2.04 bits per heavy atom. The Hall–Kier alpha value is -1.94. The average Bonchev–Trinajstić information content (AvgIpc) is 3.39. The summed E-state index contributed by atoms with van der Waals surface area (Å²) in [5, 5.41) is 3.83. The van der Waals surface area contributed by atoms with Crippen molar-refractivity contribution in [3.05, 3.63) is 46.7 Å². The molecule has 25 heavy (non-hydrogen) atoms. The standard InChI is InChI=1S/C21H25NO3/c1-21-14-7-9-17(24-3)20(21)25-19-16(23-2)8-6-13(18(19)21)10-15(14)22-11-12-4-5-12/h6-9,12,15,20,22H,4-5,10-11H2,1-3H3/t15-,20+,21+/m0/s1. The Morgan fingerprint density at radius 1 is 1.20 bits per heavy atom. The molecule has 0 radical (unpaired) electrons. The lowest BCUT2D eigenvalue weighted by Gasteiger charge is -2.44. The second kappa shape index (κ2) is 5.28. The number of nitrogens with one attached hydrogen (secondary N) is 1. The molecule has 0 saturated heterocycles. The highest BCUT2D eigenvalue weighted by molar-refractivity contribution is 5.66. The van der Waals surface area contributed by atoms with Crippen molar-refractivity contribution in [2.24, 2.45) is 5.92 Å². The Kier molecular flexibility index (Phi) is 3.23. The fraction of sp³-hybridized carbons (Fsp3) is 0.524. The van der Waals surface area contributed by atoms with E-state index in [0.717, 1.165) is 36.1 Å². The zero-order valence-electron chi connectivity index (χ0n) is 15.1. The van der Waals surface area contributed by atoms with Crippen LogP contribution in [0, 0.1) is 5.92 Å². The lowest BCUT2D eigenvalue weighted by Crippen LogP contribution is -2.51. The Bertz CT molecular complexity index is 793. The lowest BCUT2D eigenvalue weighted by molar-refractivity contribution is 0.118. The smallest absolute Gasteiger partial charge is 0.169 e. The molecule has 0 amide bonds.